The van der Waals surface area contributed by atoms with E-state index in [4.69, 9.17) is 5.11 Å². The predicted molar refractivity (Wildman–Crippen MR) is 77.5 cm³/mol. The highest BCUT2D eigenvalue weighted by Gasteiger charge is 2.29. The van der Waals surface area contributed by atoms with Crippen LogP contribution < -0.4 is 4.72 Å². The maximum Gasteiger partial charge on any atom is 0.306 e. The van der Waals surface area contributed by atoms with Crippen molar-refractivity contribution in [2.75, 3.05) is 0 Å². The molecule has 0 aliphatic heterocycles. The second-order valence-electron chi connectivity index (χ2n) is 5.29. The fourth-order valence-electron chi connectivity index (χ4n) is 2.62. The van der Waals surface area contributed by atoms with Crippen LogP contribution in [0.3, 0.4) is 0 Å². The molecular weight excluding hydrogens is 298 g/mol. The number of rotatable bonds is 4. The normalized spacial score (nSPS) is 23.7. The van der Waals surface area contributed by atoms with E-state index in [9.17, 15) is 13.2 Å². The number of carboxylic acids is 1. The lowest BCUT2D eigenvalue weighted by Gasteiger charge is -2.26. The van der Waals surface area contributed by atoms with Gasteiger partial charge in [-0.1, -0.05) is 0 Å². The van der Waals surface area contributed by atoms with Crippen LogP contribution in [-0.4, -0.2) is 25.5 Å². The van der Waals surface area contributed by atoms with Crippen LogP contribution in [-0.2, 0) is 14.8 Å². The van der Waals surface area contributed by atoms with Crippen LogP contribution in [0.1, 0.15) is 35.4 Å². The van der Waals surface area contributed by atoms with Gasteiger partial charge in [-0.05, 0) is 45.6 Å². The van der Waals surface area contributed by atoms with Gasteiger partial charge in [-0.3, -0.25) is 4.79 Å². The van der Waals surface area contributed by atoms with Gasteiger partial charge in [0.25, 0.3) is 0 Å². The molecule has 5 nitrogen and oxygen atoms in total. The molecule has 1 aliphatic rings. The monoisotopic (exact) mass is 317 g/mol. The van der Waals surface area contributed by atoms with Crippen molar-refractivity contribution >= 4 is 27.3 Å². The first-order chi connectivity index (χ1) is 9.29. The Kier molecular flexibility index (Phi) is 4.51. The molecule has 1 aliphatic carbocycles. The summed E-state index contributed by atoms with van der Waals surface area (Å²) in [6.45, 7) is 3.68. The molecule has 0 saturated heterocycles. The smallest absolute Gasteiger partial charge is 0.306 e. The number of sulfonamides is 1. The molecule has 0 bridgehead atoms. The fraction of sp³-hybridized carbons (Fsp3) is 0.615. The number of carbonyl (C=O) groups is 1. The summed E-state index contributed by atoms with van der Waals surface area (Å²) in [5.41, 5.74) is 0. The van der Waals surface area contributed by atoms with E-state index < -0.39 is 16.0 Å². The second-order valence-corrected chi connectivity index (χ2v) is 8.43. The van der Waals surface area contributed by atoms with E-state index in [1.54, 1.807) is 13.0 Å². The van der Waals surface area contributed by atoms with Gasteiger partial charge in [-0.25, -0.2) is 13.1 Å². The topological polar surface area (TPSA) is 83.5 Å². The number of nitrogens with one attached hydrogen (secondary N) is 1. The van der Waals surface area contributed by atoms with Gasteiger partial charge in [-0.2, -0.15) is 0 Å². The summed E-state index contributed by atoms with van der Waals surface area (Å²) in [5.74, 6) is -1.11. The number of aliphatic carboxylic acids is 1. The van der Waals surface area contributed by atoms with Crippen molar-refractivity contribution in [1.82, 2.24) is 4.72 Å². The quantitative estimate of drug-likeness (QED) is 0.892. The maximum absolute atomic E-state index is 12.3. The Morgan fingerprint density at radius 1 is 1.30 bits per heavy atom. The summed E-state index contributed by atoms with van der Waals surface area (Å²) in [4.78, 5) is 13.0. The summed E-state index contributed by atoms with van der Waals surface area (Å²) in [7, 11) is -3.49. The Morgan fingerprint density at radius 2 is 1.90 bits per heavy atom. The predicted octanol–water partition coefficient (Wildman–Crippen LogP) is 2.29. The van der Waals surface area contributed by atoms with Crippen molar-refractivity contribution in [3.05, 3.63) is 15.8 Å². The minimum Gasteiger partial charge on any atom is -0.481 e. The highest BCUT2D eigenvalue weighted by atomic mass is 32.2. The van der Waals surface area contributed by atoms with E-state index in [1.165, 1.54) is 11.3 Å². The first-order valence-corrected chi connectivity index (χ1v) is 8.91. The molecule has 1 saturated carbocycles. The average Bonchev–Trinajstić information content (AvgIpc) is 2.69. The molecular formula is C13H19NO4S2. The summed E-state index contributed by atoms with van der Waals surface area (Å²) in [5, 5.41) is 8.94. The zero-order valence-corrected chi connectivity index (χ0v) is 13.2. The zero-order valence-electron chi connectivity index (χ0n) is 11.5. The lowest BCUT2D eigenvalue weighted by molar-refractivity contribution is -0.142. The van der Waals surface area contributed by atoms with Crippen molar-refractivity contribution in [3.8, 4) is 0 Å². The molecule has 20 heavy (non-hydrogen) atoms. The molecule has 112 valence electrons. The molecule has 1 aromatic heterocycles. The molecule has 0 amide bonds. The highest BCUT2D eigenvalue weighted by molar-refractivity contribution is 7.89. The van der Waals surface area contributed by atoms with Crippen LogP contribution >= 0.6 is 11.3 Å². The largest absolute Gasteiger partial charge is 0.481 e. The van der Waals surface area contributed by atoms with Gasteiger partial charge in [0, 0.05) is 15.8 Å². The van der Waals surface area contributed by atoms with Gasteiger partial charge in [0.1, 0.15) is 0 Å². The third kappa shape index (κ3) is 3.39. The van der Waals surface area contributed by atoms with E-state index in [2.05, 4.69) is 4.72 Å². The second kappa shape index (κ2) is 5.83. The molecule has 0 spiro atoms. The van der Waals surface area contributed by atoms with E-state index in [0.717, 1.165) is 9.75 Å². The molecule has 1 fully saturated rings. The lowest BCUT2D eigenvalue weighted by atomic mass is 9.87. The summed E-state index contributed by atoms with van der Waals surface area (Å²) >= 11 is 1.47. The molecule has 1 aromatic rings. The zero-order chi connectivity index (χ0) is 14.9. The Hall–Kier alpha value is -0.920. The van der Waals surface area contributed by atoms with Gasteiger partial charge in [0.05, 0.1) is 10.8 Å². The van der Waals surface area contributed by atoms with Crippen LogP contribution in [0.4, 0.5) is 0 Å². The van der Waals surface area contributed by atoms with Crippen LogP contribution in [0.2, 0.25) is 0 Å². The Labute approximate surface area is 123 Å². The van der Waals surface area contributed by atoms with E-state index in [-0.39, 0.29) is 12.0 Å². The fourth-order valence-corrected chi connectivity index (χ4v) is 5.48. The molecule has 0 atom stereocenters. The summed E-state index contributed by atoms with van der Waals surface area (Å²) in [6, 6.07) is 1.53. The van der Waals surface area contributed by atoms with Crippen molar-refractivity contribution in [3.63, 3.8) is 0 Å². The van der Waals surface area contributed by atoms with Crippen molar-refractivity contribution in [2.45, 2.75) is 50.5 Å². The standard InChI is InChI=1S/C13H19NO4S2/c1-8-7-12(9(2)19-8)20(17,18)14-11-5-3-10(4-6-11)13(15)16/h7,10-11,14H,3-6H2,1-2H3,(H,15,16). The molecule has 0 aromatic carbocycles. The Balaban J connectivity index is 2.03. The van der Waals surface area contributed by atoms with Gasteiger partial charge in [-0.15, -0.1) is 11.3 Å². The third-order valence-corrected chi connectivity index (χ3v) is 6.43. The van der Waals surface area contributed by atoms with Crippen LogP contribution in [0.5, 0.6) is 0 Å². The van der Waals surface area contributed by atoms with Gasteiger partial charge < -0.3 is 5.11 Å². The van der Waals surface area contributed by atoms with Gasteiger partial charge in [0.15, 0.2) is 0 Å². The minimum atomic E-state index is -3.49. The number of hydrogen-bond donors (Lipinski definition) is 2. The van der Waals surface area contributed by atoms with Gasteiger partial charge >= 0.3 is 5.97 Å². The molecule has 0 unspecified atom stereocenters. The summed E-state index contributed by atoms with van der Waals surface area (Å²) in [6.07, 6.45) is 2.23. The van der Waals surface area contributed by atoms with Crippen molar-refractivity contribution in [1.29, 1.82) is 0 Å². The number of thiophene rings is 1. The first kappa shape index (κ1) is 15.5. The highest BCUT2D eigenvalue weighted by Crippen LogP contribution is 2.28. The van der Waals surface area contributed by atoms with Crippen LogP contribution in [0.25, 0.3) is 0 Å². The maximum atomic E-state index is 12.3. The van der Waals surface area contributed by atoms with Crippen molar-refractivity contribution in [2.24, 2.45) is 5.92 Å². The third-order valence-electron chi connectivity index (χ3n) is 3.68. The first-order valence-electron chi connectivity index (χ1n) is 6.62. The number of hydrogen-bond acceptors (Lipinski definition) is 4. The number of aryl methyl sites for hydroxylation is 2. The average molecular weight is 317 g/mol. The van der Waals surface area contributed by atoms with Crippen LogP contribution in [0, 0.1) is 19.8 Å². The molecule has 7 heteroatoms. The van der Waals surface area contributed by atoms with E-state index in [0.29, 0.717) is 30.6 Å². The minimum absolute atomic E-state index is 0.157. The molecule has 2 N–H and O–H groups in total. The Bertz CT molecular complexity index is 598. The van der Waals surface area contributed by atoms with Gasteiger partial charge in [0.2, 0.25) is 10.0 Å². The van der Waals surface area contributed by atoms with E-state index >= 15 is 0 Å². The summed E-state index contributed by atoms with van der Waals surface area (Å²) < 4.78 is 27.4. The number of carboxylic acid groups (broad SMARTS) is 1. The van der Waals surface area contributed by atoms with Crippen molar-refractivity contribution < 1.29 is 18.3 Å². The molecule has 0 radical (unpaired) electrons. The SMILES string of the molecule is Cc1cc(S(=O)(=O)NC2CCC(C(=O)O)CC2)c(C)s1. The van der Waals surface area contributed by atoms with Crippen LogP contribution in [0.15, 0.2) is 11.0 Å². The lowest BCUT2D eigenvalue weighted by Crippen LogP contribution is -2.38. The Morgan fingerprint density at radius 3 is 2.35 bits per heavy atom. The molecule has 1 heterocycles. The van der Waals surface area contributed by atoms with E-state index in [1.807, 2.05) is 6.92 Å². The molecule has 2 rings (SSSR count).